The summed E-state index contributed by atoms with van der Waals surface area (Å²) in [6.45, 7) is 1.90. The molecule has 0 aliphatic heterocycles. The van der Waals surface area contributed by atoms with Crippen LogP contribution in [-0.4, -0.2) is 37.8 Å². The molecule has 0 radical (unpaired) electrons. The van der Waals surface area contributed by atoms with Gasteiger partial charge in [-0.3, -0.25) is 9.59 Å². The Morgan fingerprint density at radius 1 is 1.36 bits per heavy atom. The van der Waals surface area contributed by atoms with Gasteiger partial charge in [0, 0.05) is 11.6 Å². The minimum absolute atomic E-state index is 0.0519. The molecule has 0 spiro atoms. The summed E-state index contributed by atoms with van der Waals surface area (Å²) in [6, 6.07) is 5.29. The molecule has 0 unspecified atom stereocenters. The van der Waals surface area contributed by atoms with E-state index in [1.807, 2.05) is 13.0 Å². The summed E-state index contributed by atoms with van der Waals surface area (Å²) in [5, 5.41) is 15.8. The lowest BCUT2D eigenvalue weighted by Gasteiger charge is -2.32. The zero-order valence-corrected chi connectivity index (χ0v) is 12.1. The van der Waals surface area contributed by atoms with Crippen molar-refractivity contribution in [3.8, 4) is 5.69 Å². The molecule has 22 heavy (non-hydrogen) atoms. The topological polar surface area (TPSA) is 97.1 Å². The van der Waals surface area contributed by atoms with Crippen LogP contribution < -0.4 is 5.32 Å². The van der Waals surface area contributed by atoms with Crippen molar-refractivity contribution in [3.05, 3.63) is 42.0 Å². The standard InChI is InChI=1S/C15H16N4O3/c1-9-4-10(2-3-13(9)19-8-16-7-17-19)14(20)18-12-5-11(6-12)15(21)22/h2-4,7-8,11-12H,5-6H2,1H3,(H,18,20)(H,21,22). The number of carboxylic acid groups (broad SMARTS) is 1. The van der Waals surface area contributed by atoms with E-state index in [2.05, 4.69) is 15.4 Å². The number of aromatic nitrogens is 3. The van der Waals surface area contributed by atoms with Gasteiger partial charge in [-0.2, -0.15) is 5.10 Å². The highest BCUT2D eigenvalue weighted by molar-refractivity contribution is 5.95. The van der Waals surface area contributed by atoms with Gasteiger partial charge in [0.1, 0.15) is 12.7 Å². The number of carbonyl (C=O) groups is 2. The number of amides is 1. The normalized spacial score (nSPS) is 20.2. The summed E-state index contributed by atoms with van der Waals surface area (Å²) in [5.41, 5.74) is 2.33. The lowest BCUT2D eigenvalue weighted by molar-refractivity contribution is -0.145. The molecule has 0 bridgehead atoms. The Labute approximate surface area is 127 Å². The van der Waals surface area contributed by atoms with Crippen LogP contribution in [0.3, 0.4) is 0 Å². The van der Waals surface area contributed by atoms with Crippen molar-refractivity contribution in [2.24, 2.45) is 5.92 Å². The highest BCUT2D eigenvalue weighted by Gasteiger charge is 2.35. The molecule has 1 heterocycles. The minimum Gasteiger partial charge on any atom is -0.481 e. The number of nitrogens with one attached hydrogen (secondary N) is 1. The maximum absolute atomic E-state index is 12.2. The molecule has 1 aliphatic rings. The van der Waals surface area contributed by atoms with E-state index in [4.69, 9.17) is 5.11 Å². The number of nitrogens with zero attached hydrogens (tertiary/aromatic N) is 3. The lowest BCUT2D eigenvalue weighted by Crippen LogP contribution is -2.46. The van der Waals surface area contributed by atoms with Crippen LogP contribution in [0.25, 0.3) is 5.69 Å². The van der Waals surface area contributed by atoms with Gasteiger partial charge in [0.05, 0.1) is 11.6 Å². The van der Waals surface area contributed by atoms with Gasteiger partial charge in [0.15, 0.2) is 0 Å². The summed E-state index contributed by atoms with van der Waals surface area (Å²) in [6.07, 6.45) is 4.05. The quantitative estimate of drug-likeness (QED) is 0.883. The summed E-state index contributed by atoms with van der Waals surface area (Å²) >= 11 is 0. The Bertz CT molecular complexity index is 706. The smallest absolute Gasteiger partial charge is 0.306 e. The number of rotatable bonds is 4. The molecular weight excluding hydrogens is 284 g/mol. The van der Waals surface area contributed by atoms with Gasteiger partial charge >= 0.3 is 5.97 Å². The number of hydrogen-bond acceptors (Lipinski definition) is 4. The van der Waals surface area contributed by atoms with E-state index < -0.39 is 5.97 Å². The predicted molar refractivity (Wildman–Crippen MR) is 77.7 cm³/mol. The Morgan fingerprint density at radius 3 is 2.73 bits per heavy atom. The molecule has 7 heteroatoms. The average Bonchev–Trinajstić information content (AvgIpc) is 2.95. The number of hydrogen-bond donors (Lipinski definition) is 2. The highest BCUT2D eigenvalue weighted by atomic mass is 16.4. The second-order valence-electron chi connectivity index (χ2n) is 5.52. The molecule has 1 aliphatic carbocycles. The molecule has 0 saturated heterocycles. The Hall–Kier alpha value is -2.70. The van der Waals surface area contributed by atoms with Crippen molar-refractivity contribution >= 4 is 11.9 Å². The molecule has 3 rings (SSSR count). The van der Waals surface area contributed by atoms with E-state index in [1.165, 1.54) is 6.33 Å². The van der Waals surface area contributed by atoms with Crippen molar-refractivity contribution in [2.75, 3.05) is 0 Å². The van der Waals surface area contributed by atoms with Gasteiger partial charge in [-0.1, -0.05) is 0 Å². The second-order valence-corrected chi connectivity index (χ2v) is 5.52. The third-order valence-electron chi connectivity index (χ3n) is 3.95. The fraction of sp³-hybridized carbons (Fsp3) is 0.333. The van der Waals surface area contributed by atoms with E-state index >= 15 is 0 Å². The molecule has 1 aromatic heterocycles. The molecule has 114 valence electrons. The maximum Gasteiger partial charge on any atom is 0.306 e. The fourth-order valence-corrected chi connectivity index (χ4v) is 2.59. The van der Waals surface area contributed by atoms with E-state index in [9.17, 15) is 9.59 Å². The molecule has 2 aromatic rings. The lowest BCUT2D eigenvalue weighted by atomic mass is 9.80. The van der Waals surface area contributed by atoms with Crippen LogP contribution in [0.1, 0.15) is 28.8 Å². The van der Waals surface area contributed by atoms with E-state index in [-0.39, 0.29) is 17.9 Å². The van der Waals surface area contributed by atoms with Crippen molar-refractivity contribution < 1.29 is 14.7 Å². The van der Waals surface area contributed by atoms with Gasteiger partial charge in [-0.15, -0.1) is 0 Å². The van der Waals surface area contributed by atoms with Crippen LogP contribution in [-0.2, 0) is 4.79 Å². The van der Waals surface area contributed by atoms with Gasteiger partial charge in [0.25, 0.3) is 5.91 Å². The predicted octanol–water partition coefficient (Wildman–Crippen LogP) is 1.17. The van der Waals surface area contributed by atoms with Gasteiger partial charge < -0.3 is 10.4 Å². The molecule has 1 fully saturated rings. The first-order chi connectivity index (χ1) is 10.5. The van der Waals surface area contributed by atoms with Crippen molar-refractivity contribution in [3.63, 3.8) is 0 Å². The van der Waals surface area contributed by atoms with Crippen LogP contribution in [0.2, 0.25) is 0 Å². The highest BCUT2D eigenvalue weighted by Crippen LogP contribution is 2.27. The molecule has 1 saturated carbocycles. The van der Waals surface area contributed by atoms with Crippen molar-refractivity contribution in [2.45, 2.75) is 25.8 Å². The first-order valence-electron chi connectivity index (χ1n) is 7.04. The van der Waals surface area contributed by atoms with E-state index in [0.29, 0.717) is 18.4 Å². The number of aliphatic carboxylic acids is 1. The molecule has 7 nitrogen and oxygen atoms in total. The van der Waals surface area contributed by atoms with Crippen LogP contribution in [0, 0.1) is 12.8 Å². The average molecular weight is 300 g/mol. The summed E-state index contributed by atoms with van der Waals surface area (Å²) in [5.74, 6) is -1.30. The minimum atomic E-state index is -0.793. The maximum atomic E-state index is 12.2. The van der Waals surface area contributed by atoms with Crippen LogP contribution in [0.5, 0.6) is 0 Å². The Balaban J connectivity index is 1.67. The molecule has 2 N–H and O–H groups in total. The number of carbonyl (C=O) groups excluding carboxylic acids is 1. The molecule has 0 atom stereocenters. The largest absolute Gasteiger partial charge is 0.481 e. The first-order valence-corrected chi connectivity index (χ1v) is 7.04. The Kier molecular flexibility index (Phi) is 3.62. The number of aryl methyl sites for hydroxylation is 1. The zero-order chi connectivity index (χ0) is 15.7. The van der Waals surface area contributed by atoms with E-state index in [0.717, 1.165) is 11.3 Å². The first kappa shape index (κ1) is 14.2. The summed E-state index contributed by atoms with van der Waals surface area (Å²) < 4.78 is 1.64. The fourth-order valence-electron chi connectivity index (χ4n) is 2.59. The van der Waals surface area contributed by atoms with Crippen LogP contribution in [0.15, 0.2) is 30.9 Å². The van der Waals surface area contributed by atoms with Crippen molar-refractivity contribution in [1.29, 1.82) is 0 Å². The van der Waals surface area contributed by atoms with Gasteiger partial charge in [-0.05, 0) is 43.5 Å². The van der Waals surface area contributed by atoms with Gasteiger partial charge in [0.2, 0.25) is 0 Å². The monoisotopic (exact) mass is 300 g/mol. The van der Waals surface area contributed by atoms with E-state index in [1.54, 1.807) is 23.1 Å². The third-order valence-corrected chi connectivity index (χ3v) is 3.95. The number of carboxylic acids is 1. The Morgan fingerprint density at radius 2 is 2.14 bits per heavy atom. The summed E-state index contributed by atoms with van der Waals surface area (Å²) in [7, 11) is 0. The van der Waals surface area contributed by atoms with Gasteiger partial charge in [-0.25, -0.2) is 9.67 Å². The van der Waals surface area contributed by atoms with Crippen LogP contribution >= 0.6 is 0 Å². The third kappa shape index (κ3) is 2.69. The zero-order valence-electron chi connectivity index (χ0n) is 12.1. The SMILES string of the molecule is Cc1cc(C(=O)NC2CC(C(=O)O)C2)ccc1-n1cncn1. The van der Waals surface area contributed by atoms with Crippen LogP contribution in [0.4, 0.5) is 0 Å². The second kappa shape index (κ2) is 5.59. The number of benzene rings is 1. The summed E-state index contributed by atoms with van der Waals surface area (Å²) in [4.78, 5) is 26.8. The van der Waals surface area contributed by atoms with Crippen molar-refractivity contribution in [1.82, 2.24) is 20.1 Å². The molecule has 1 aromatic carbocycles. The molecular formula is C15H16N4O3. The molecule has 1 amide bonds.